The van der Waals surface area contributed by atoms with Gasteiger partial charge in [-0.1, -0.05) is 102 Å². The number of imide groups is 1. The molecule has 0 saturated carbocycles. The molecule has 1 heterocycles. The van der Waals surface area contributed by atoms with E-state index in [1.807, 2.05) is 19.1 Å². The van der Waals surface area contributed by atoms with Crippen LogP contribution in [-0.2, 0) is 20.7 Å². The number of unbranched alkanes of at least 4 members (excludes halogenated alkanes) is 12. The van der Waals surface area contributed by atoms with Gasteiger partial charge in [-0.3, -0.25) is 4.79 Å². The molecule has 0 fully saturated rings. The van der Waals surface area contributed by atoms with Crippen molar-refractivity contribution in [1.82, 2.24) is 4.90 Å². The smallest absolute Gasteiger partial charge is 0.418 e. The van der Waals surface area contributed by atoms with Gasteiger partial charge in [0.15, 0.2) is 0 Å². The first-order valence-electron chi connectivity index (χ1n) is 14.6. The number of aryl methyl sites for hydroxylation is 2. The van der Waals surface area contributed by atoms with Crippen LogP contribution in [-0.4, -0.2) is 42.9 Å². The normalized spacial score (nSPS) is 17.3. The van der Waals surface area contributed by atoms with Crippen LogP contribution >= 0.6 is 0 Å². The molecule has 7 heteroatoms. The molecule has 1 aliphatic heterocycles. The third-order valence-electron chi connectivity index (χ3n) is 7.65. The number of carbonyl (C=O) groups excluding carboxylic acids is 3. The molecule has 2 rings (SSSR count). The van der Waals surface area contributed by atoms with Gasteiger partial charge >= 0.3 is 12.1 Å². The molecule has 0 N–H and O–H groups in total. The van der Waals surface area contributed by atoms with Crippen molar-refractivity contribution in [3.63, 3.8) is 0 Å². The summed E-state index contributed by atoms with van der Waals surface area (Å²) in [5.41, 5.74) is 3.54. The first-order chi connectivity index (χ1) is 18.5. The van der Waals surface area contributed by atoms with E-state index in [2.05, 4.69) is 18.0 Å². The van der Waals surface area contributed by atoms with Crippen molar-refractivity contribution in [2.75, 3.05) is 13.7 Å². The van der Waals surface area contributed by atoms with E-state index >= 15 is 0 Å². The van der Waals surface area contributed by atoms with Crippen LogP contribution in [0.5, 0.6) is 0 Å². The van der Waals surface area contributed by atoms with Crippen LogP contribution in [0.4, 0.5) is 9.59 Å². The van der Waals surface area contributed by atoms with Crippen LogP contribution in [0.15, 0.2) is 23.2 Å². The van der Waals surface area contributed by atoms with E-state index in [1.54, 1.807) is 6.92 Å². The Labute approximate surface area is 229 Å². The Kier molecular flexibility index (Phi) is 14.7. The molecule has 3 amide bonds. The van der Waals surface area contributed by atoms with Crippen LogP contribution in [0, 0.1) is 12.8 Å². The molecule has 1 aromatic carbocycles. The van der Waals surface area contributed by atoms with Crippen LogP contribution in [0.25, 0.3) is 0 Å². The number of hydrogen-bond acceptors (Lipinski definition) is 5. The summed E-state index contributed by atoms with van der Waals surface area (Å²) in [5.74, 6) is -0.441. The van der Waals surface area contributed by atoms with Crippen molar-refractivity contribution >= 4 is 24.3 Å². The molecule has 7 nitrogen and oxygen atoms in total. The second kappa shape index (κ2) is 17.7. The Bertz CT molecular complexity index is 914. The largest absolute Gasteiger partial charge is 0.467 e. The van der Waals surface area contributed by atoms with Gasteiger partial charge in [0.25, 0.3) is 6.47 Å². The summed E-state index contributed by atoms with van der Waals surface area (Å²) < 4.78 is 10.1. The minimum absolute atomic E-state index is 0.0246. The zero-order valence-corrected chi connectivity index (χ0v) is 24.0. The Hall–Kier alpha value is -2.70. The van der Waals surface area contributed by atoms with E-state index in [9.17, 15) is 14.4 Å². The number of urea groups is 1. The molecule has 0 radical (unpaired) electrons. The fourth-order valence-corrected chi connectivity index (χ4v) is 5.51. The highest BCUT2D eigenvalue weighted by Gasteiger charge is 2.44. The minimum Gasteiger partial charge on any atom is -0.467 e. The van der Waals surface area contributed by atoms with Gasteiger partial charge in [-0.2, -0.15) is 0 Å². The highest BCUT2D eigenvalue weighted by Crippen LogP contribution is 2.38. The second-order valence-corrected chi connectivity index (χ2v) is 10.5. The average Bonchev–Trinajstić information content (AvgIpc) is 2.90. The van der Waals surface area contributed by atoms with Gasteiger partial charge < -0.3 is 9.47 Å². The van der Waals surface area contributed by atoms with E-state index in [-0.39, 0.29) is 6.61 Å². The van der Waals surface area contributed by atoms with Crippen LogP contribution < -0.4 is 0 Å². The molecular weight excluding hydrogens is 480 g/mol. The summed E-state index contributed by atoms with van der Waals surface area (Å²) in [5, 5.41) is 0. The Morgan fingerprint density at radius 1 is 0.947 bits per heavy atom. The fraction of sp³-hybridized carbons (Fsp3) is 0.677. The van der Waals surface area contributed by atoms with Crippen LogP contribution in [0.2, 0.25) is 0 Å². The first kappa shape index (κ1) is 31.5. The first-order valence-corrected chi connectivity index (χ1v) is 14.6. The number of amides is 3. The topological polar surface area (TPSA) is 85.3 Å². The molecule has 2 unspecified atom stereocenters. The average molecular weight is 529 g/mol. The van der Waals surface area contributed by atoms with E-state index in [1.165, 1.54) is 77.7 Å². The quantitative estimate of drug-likeness (QED) is 0.142. The van der Waals surface area contributed by atoms with Crippen LogP contribution in [0.1, 0.15) is 120 Å². The lowest BCUT2D eigenvalue weighted by atomic mass is 9.82. The third-order valence-corrected chi connectivity index (χ3v) is 7.65. The molecule has 1 aromatic rings. The number of benzene rings is 1. The number of nitrogens with zero attached hydrogens (tertiary/aromatic N) is 2. The summed E-state index contributed by atoms with van der Waals surface area (Å²) in [6, 6.07) is 4.77. The number of aliphatic imine (C=N–C) groups is 1. The Balaban J connectivity index is 1.98. The van der Waals surface area contributed by atoms with Gasteiger partial charge in [-0.05, 0) is 43.4 Å². The zero-order chi connectivity index (χ0) is 27.8. The van der Waals surface area contributed by atoms with Crippen molar-refractivity contribution < 1.29 is 23.9 Å². The highest BCUT2D eigenvalue weighted by atomic mass is 16.5. The molecule has 0 aromatic heterocycles. The van der Waals surface area contributed by atoms with Gasteiger partial charge in [0.05, 0.1) is 19.1 Å². The summed E-state index contributed by atoms with van der Waals surface area (Å²) >= 11 is 0. The molecule has 1 aliphatic rings. The van der Waals surface area contributed by atoms with E-state index in [0.717, 1.165) is 40.9 Å². The summed E-state index contributed by atoms with van der Waals surface area (Å²) in [6.07, 6.45) is 17.0. The molecule has 0 spiro atoms. The zero-order valence-electron chi connectivity index (χ0n) is 24.0. The predicted octanol–water partition coefficient (Wildman–Crippen LogP) is 8.12. The molecule has 212 valence electrons. The van der Waals surface area contributed by atoms with Crippen molar-refractivity contribution in [2.45, 2.75) is 117 Å². The van der Waals surface area contributed by atoms with E-state index in [0.29, 0.717) is 12.2 Å². The fourth-order valence-electron chi connectivity index (χ4n) is 5.51. The maximum absolute atomic E-state index is 12.8. The number of carbonyl (C=O) groups is 3. The standard InChI is InChI=1S/C31H48N2O5/c1-5-6-7-8-9-10-11-12-13-14-15-16-17-20-26-21-18-19-24(2)28(26)29-27(22-38-23-34)25(3)32-30(35)33(29)31(36)37-4/h18-19,21,23,27,29H,5-17,20,22H2,1-4H3. The minimum atomic E-state index is -0.762. The maximum atomic E-state index is 12.8. The number of rotatable bonds is 18. The monoisotopic (exact) mass is 528 g/mol. The molecule has 38 heavy (non-hydrogen) atoms. The Morgan fingerprint density at radius 3 is 2.08 bits per heavy atom. The van der Waals surface area contributed by atoms with Crippen molar-refractivity contribution in [1.29, 1.82) is 0 Å². The van der Waals surface area contributed by atoms with Gasteiger partial charge in [0.2, 0.25) is 0 Å². The lowest BCUT2D eigenvalue weighted by Crippen LogP contribution is -2.48. The summed E-state index contributed by atoms with van der Waals surface area (Å²) in [6.45, 7) is 6.40. The van der Waals surface area contributed by atoms with Crippen molar-refractivity contribution in [2.24, 2.45) is 10.9 Å². The van der Waals surface area contributed by atoms with Crippen molar-refractivity contribution in [3.8, 4) is 0 Å². The Morgan fingerprint density at radius 2 is 1.53 bits per heavy atom. The summed E-state index contributed by atoms with van der Waals surface area (Å²) in [7, 11) is 1.25. The van der Waals surface area contributed by atoms with Gasteiger partial charge in [0, 0.05) is 5.71 Å². The van der Waals surface area contributed by atoms with E-state index < -0.39 is 24.1 Å². The predicted molar refractivity (Wildman–Crippen MR) is 152 cm³/mol. The van der Waals surface area contributed by atoms with Gasteiger partial charge in [-0.15, -0.1) is 0 Å². The lowest BCUT2D eigenvalue weighted by molar-refractivity contribution is -0.129. The van der Waals surface area contributed by atoms with Gasteiger partial charge in [-0.25, -0.2) is 19.5 Å². The molecule has 2 atom stereocenters. The lowest BCUT2D eigenvalue weighted by Gasteiger charge is -2.38. The second-order valence-electron chi connectivity index (χ2n) is 10.5. The molecule has 0 saturated heterocycles. The molecule has 0 bridgehead atoms. The SMILES string of the molecule is CCCCCCCCCCCCCCCc1cccc(C)c1C1C(COC=O)C(C)=NC(=O)N1C(=O)OC. The van der Waals surface area contributed by atoms with Crippen molar-refractivity contribution in [3.05, 3.63) is 34.9 Å². The number of methoxy groups -OCH3 is 1. The molecule has 0 aliphatic carbocycles. The number of hydrogen-bond donors (Lipinski definition) is 0. The summed E-state index contributed by atoms with van der Waals surface area (Å²) in [4.78, 5) is 41.6. The maximum Gasteiger partial charge on any atom is 0.418 e. The highest BCUT2D eigenvalue weighted by molar-refractivity contribution is 6.04. The number of ether oxygens (including phenoxy) is 2. The third kappa shape index (κ3) is 9.55. The van der Waals surface area contributed by atoms with Gasteiger partial charge in [0.1, 0.15) is 6.61 Å². The van der Waals surface area contributed by atoms with Crippen LogP contribution in [0.3, 0.4) is 0 Å². The van der Waals surface area contributed by atoms with E-state index in [4.69, 9.17) is 9.47 Å². The molecular formula is C31H48N2O5.